The number of rotatable bonds is 9. The third-order valence-corrected chi connectivity index (χ3v) is 6.62. The van der Waals surface area contributed by atoms with Crippen LogP contribution in [0.5, 0.6) is 11.5 Å². The van der Waals surface area contributed by atoms with Crippen LogP contribution in [0.15, 0.2) is 18.2 Å². The maximum absolute atomic E-state index is 12.4. The number of methoxy groups -OCH3 is 1. The topological polar surface area (TPSA) is 92.8 Å². The summed E-state index contributed by atoms with van der Waals surface area (Å²) in [4.78, 5) is 26.6. The van der Waals surface area contributed by atoms with Crippen LogP contribution in [-0.2, 0) is 28.4 Å². The summed E-state index contributed by atoms with van der Waals surface area (Å²) in [6.45, 7) is 12.0. The highest BCUT2D eigenvalue weighted by Crippen LogP contribution is 2.43. The monoisotopic (exact) mass is 477 g/mol. The van der Waals surface area contributed by atoms with Crippen molar-refractivity contribution in [2.45, 2.75) is 58.1 Å². The van der Waals surface area contributed by atoms with Crippen molar-refractivity contribution < 1.29 is 37.8 Å². The van der Waals surface area contributed by atoms with Crippen molar-refractivity contribution in [1.29, 1.82) is 0 Å². The van der Waals surface area contributed by atoms with Crippen LogP contribution in [0.25, 0.3) is 0 Å². The minimum Gasteiger partial charge on any atom is -0.493 e. The Kier molecular flexibility index (Phi) is 8.49. The van der Waals surface area contributed by atoms with Gasteiger partial charge in [0.05, 0.1) is 44.6 Å². The largest absolute Gasteiger partial charge is 0.493 e. The number of amides is 1. The van der Waals surface area contributed by atoms with E-state index in [1.807, 2.05) is 33.8 Å². The molecule has 0 saturated carbocycles. The Labute approximate surface area is 202 Å². The van der Waals surface area contributed by atoms with E-state index >= 15 is 0 Å². The highest BCUT2D eigenvalue weighted by Gasteiger charge is 2.54. The molecule has 0 radical (unpaired) electrons. The summed E-state index contributed by atoms with van der Waals surface area (Å²) in [5.41, 5.74) is -0.301. The molecule has 2 aliphatic heterocycles. The van der Waals surface area contributed by atoms with Crippen molar-refractivity contribution in [1.82, 2.24) is 4.90 Å². The zero-order chi connectivity index (χ0) is 24.9. The van der Waals surface area contributed by atoms with Gasteiger partial charge in [0.1, 0.15) is 0 Å². The lowest BCUT2D eigenvalue weighted by atomic mass is 9.66. The second kappa shape index (κ2) is 11.0. The van der Waals surface area contributed by atoms with Gasteiger partial charge in [0.25, 0.3) is 5.91 Å². The summed E-state index contributed by atoms with van der Waals surface area (Å²) < 4.78 is 34.3. The van der Waals surface area contributed by atoms with Gasteiger partial charge in [-0.15, -0.1) is 0 Å². The third kappa shape index (κ3) is 6.03. The predicted molar refractivity (Wildman–Crippen MR) is 126 cm³/mol. The number of benzene rings is 1. The summed E-state index contributed by atoms with van der Waals surface area (Å²) in [5, 5.41) is 0. The van der Waals surface area contributed by atoms with Crippen LogP contribution in [0.1, 0.15) is 52.4 Å². The first kappa shape index (κ1) is 26.3. The van der Waals surface area contributed by atoms with E-state index in [4.69, 9.17) is 28.3 Å². The second-order valence-electron chi connectivity index (χ2n) is 9.43. The minimum absolute atomic E-state index is 0.0868. The Morgan fingerprint density at radius 2 is 1.74 bits per heavy atom. The summed E-state index contributed by atoms with van der Waals surface area (Å²) in [7, 11) is 0.888. The highest BCUT2D eigenvalue weighted by molar-refractivity contribution is 6.48. The molecule has 0 aliphatic carbocycles. The van der Waals surface area contributed by atoms with Gasteiger partial charge in [-0.05, 0) is 52.3 Å². The smallest absolute Gasteiger partial charge is 0.466 e. The normalized spacial score (nSPS) is 20.1. The van der Waals surface area contributed by atoms with E-state index < -0.39 is 24.1 Å². The van der Waals surface area contributed by atoms with E-state index in [0.29, 0.717) is 44.4 Å². The van der Waals surface area contributed by atoms with Crippen LogP contribution in [0.2, 0.25) is 0 Å². The Balaban J connectivity index is 1.79. The highest BCUT2D eigenvalue weighted by atomic mass is 16.7. The Bertz CT molecular complexity index is 853. The van der Waals surface area contributed by atoms with Crippen molar-refractivity contribution >= 4 is 19.0 Å². The standard InChI is InChI=1S/C24H36BNO8/c1-7-31-22(28)15-18(25-33-23(2,3)24(4,5)34-25)17-8-9-19(20(14-17)29-6)32-16-21(27)26-10-12-30-13-11-26/h8-9,14,18H,7,10-13,15-16H2,1-6H3. The molecule has 0 aromatic heterocycles. The summed E-state index contributed by atoms with van der Waals surface area (Å²) in [6.07, 6.45) is 0.0868. The first-order valence-corrected chi connectivity index (χ1v) is 11.8. The average molecular weight is 477 g/mol. The van der Waals surface area contributed by atoms with Crippen molar-refractivity contribution in [3.63, 3.8) is 0 Å². The molecule has 3 rings (SSSR count). The molecule has 2 fully saturated rings. The molecule has 1 aromatic rings. The number of esters is 1. The van der Waals surface area contributed by atoms with Crippen molar-refractivity contribution in [3.8, 4) is 11.5 Å². The molecule has 1 unspecified atom stereocenters. The van der Waals surface area contributed by atoms with E-state index in [1.54, 1.807) is 24.0 Å². The van der Waals surface area contributed by atoms with Gasteiger partial charge in [0.15, 0.2) is 18.1 Å². The van der Waals surface area contributed by atoms with Gasteiger partial charge >= 0.3 is 13.1 Å². The first-order chi connectivity index (χ1) is 16.1. The van der Waals surface area contributed by atoms with Gasteiger partial charge in [-0.25, -0.2) is 0 Å². The molecule has 0 N–H and O–H groups in total. The Morgan fingerprint density at radius 3 is 2.32 bits per heavy atom. The molecule has 1 atom stereocenters. The lowest BCUT2D eigenvalue weighted by Gasteiger charge is -2.32. The third-order valence-electron chi connectivity index (χ3n) is 6.62. The molecule has 9 nitrogen and oxygen atoms in total. The van der Waals surface area contributed by atoms with Crippen LogP contribution in [0, 0.1) is 0 Å². The van der Waals surface area contributed by atoms with Crippen molar-refractivity contribution in [2.24, 2.45) is 0 Å². The minimum atomic E-state index is -0.645. The fraction of sp³-hybridized carbons (Fsp3) is 0.667. The van der Waals surface area contributed by atoms with E-state index in [9.17, 15) is 9.59 Å². The number of hydrogen-bond donors (Lipinski definition) is 0. The lowest BCUT2D eigenvalue weighted by Crippen LogP contribution is -2.43. The average Bonchev–Trinajstić information content (AvgIpc) is 3.03. The van der Waals surface area contributed by atoms with Crippen molar-refractivity contribution in [2.75, 3.05) is 46.6 Å². The Morgan fingerprint density at radius 1 is 1.09 bits per heavy atom. The Hall–Kier alpha value is -2.30. The van der Waals surface area contributed by atoms with Gasteiger partial charge in [0.2, 0.25) is 0 Å². The summed E-state index contributed by atoms with van der Waals surface area (Å²) in [5.74, 6) is 0.0387. The number of hydrogen-bond acceptors (Lipinski definition) is 8. The van der Waals surface area contributed by atoms with Gasteiger partial charge in [-0.3, -0.25) is 9.59 Å². The molecule has 34 heavy (non-hydrogen) atoms. The van der Waals surface area contributed by atoms with Gasteiger partial charge in [-0.2, -0.15) is 0 Å². The molecule has 1 amide bonds. The molecular formula is C24H36BNO8. The zero-order valence-electron chi connectivity index (χ0n) is 21.0. The van der Waals surface area contributed by atoms with Crippen molar-refractivity contribution in [3.05, 3.63) is 23.8 Å². The molecule has 2 heterocycles. The lowest BCUT2D eigenvalue weighted by molar-refractivity contribution is -0.143. The number of nitrogens with zero attached hydrogens (tertiary/aromatic N) is 1. The van der Waals surface area contributed by atoms with Crippen LogP contribution < -0.4 is 9.47 Å². The maximum Gasteiger partial charge on any atom is 0.466 e. The molecular weight excluding hydrogens is 441 g/mol. The fourth-order valence-corrected chi connectivity index (χ4v) is 3.90. The molecule has 0 spiro atoms. The van der Waals surface area contributed by atoms with Crippen LogP contribution in [-0.4, -0.2) is 81.7 Å². The number of carbonyl (C=O) groups excluding carboxylic acids is 2. The van der Waals surface area contributed by atoms with E-state index in [2.05, 4.69) is 0 Å². The maximum atomic E-state index is 12.4. The second-order valence-corrected chi connectivity index (χ2v) is 9.43. The molecule has 10 heteroatoms. The van der Waals surface area contributed by atoms with Crippen LogP contribution >= 0.6 is 0 Å². The van der Waals surface area contributed by atoms with Crippen LogP contribution in [0.3, 0.4) is 0 Å². The fourth-order valence-electron chi connectivity index (χ4n) is 3.90. The SMILES string of the molecule is CCOC(=O)CC(B1OC(C)(C)C(C)(C)O1)c1ccc(OCC(=O)N2CCOCC2)c(OC)c1. The van der Waals surface area contributed by atoms with E-state index in [1.165, 1.54) is 7.11 Å². The zero-order valence-corrected chi connectivity index (χ0v) is 21.0. The number of carbonyl (C=O) groups is 2. The van der Waals surface area contributed by atoms with Gasteiger partial charge < -0.3 is 33.2 Å². The summed E-state index contributed by atoms with van der Waals surface area (Å²) >= 11 is 0. The van der Waals surface area contributed by atoms with Crippen LogP contribution in [0.4, 0.5) is 0 Å². The molecule has 2 aliphatic rings. The summed E-state index contributed by atoms with van der Waals surface area (Å²) in [6, 6.07) is 5.37. The number of ether oxygens (including phenoxy) is 4. The number of morpholine rings is 1. The quantitative estimate of drug-likeness (QED) is 0.396. The predicted octanol–water partition coefficient (Wildman–Crippen LogP) is 2.60. The van der Waals surface area contributed by atoms with E-state index in [-0.39, 0.29) is 24.9 Å². The molecule has 1 aromatic carbocycles. The molecule has 2 saturated heterocycles. The van der Waals surface area contributed by atoms with Gasteiger partial charge in [0, 0.05) is 18.9 Å². The molecule has 188 valence electrons. The van der Waals surface area contributed by atoms with Gasteiger partial charge in [-0.1, -0.05) is 6.07 Å². The molecule has 0 bridgehead atoms. The first-order valence-electron chi connectivity index (χ1n) is 11.8. The van der Waals surface area contributed by atoms with E-state index in [0.717, 1.165) is 5.56 Å².